The summed E-state index contributed by atoms with van der Waals surface area (Å²) in [5.41, 5.74) is 0.874. The van der Waals surface area contributed by atoms with Crippen molar-refractivity contribution in [3.8, 4) is 5.75 Å². The highest BCUT2D eigenvalue weighted by Crippen LogP contribution is 2.25. The molecule has 0 aliphatic carbocycles. The highest BCUT2D eigenvalue weighted by molar-refractivity contribution is 7.91. The molecule has 1 aromatic heterocycles. The number of ether oxygens (including phenoxy) is 1. The molecule has 1 saturated heterocycles. The summed E-state index contributed by atoms with van der Waals surface area (Å²) < 4.78 is 28.5. The fourth-order valence-corrected chi connectivity index (χ4v) is 4.61. The van der Waals surface area contributed by atoms with Gasteiger partial charge in [-0.05, 0) is 24.6 Å². The Morgan fingerprint density at radius 3 is 2.77 bits per heavy atom. The average molecular weight is 376 g/mol. The average Bonchev–Trinajstić information content (AvgIpc) is 3.01. The van der Waals surface area contributed by atoms with Crippen molar-refractivity contribution in [2.75, 3.05) is 31.0 Å². The van der Waals surface area contributed by atoms with E-state index in [0.29, 0.717) is 17.9 Å². The number of sulfone groups is 1. The number of aromatic nitrogens is 2. The van der Waals surface area contributed by atoms with E-state index < -0.39 is 9.84 Å². The van der Waals surface area contributed by atoms with Crippen LogP contribution in [0.5, 0.6) is 5.75 Å². The molecule has 1 unspecified atom stereocenters. The number of rotatable bonds is 5. The van der Waals surface area contributed by atoms with Crippen molar-refractivity contribution < 1.29 is 17.9 Å². The minimum Gasteiger partial charge on any atom is -0.495 e. The topological polar surface area (TPSA) is 101 Å². The first kappa shape index (κ1) is 18.1. The van der Waals surface area contributed by atoms with Gasteiger partial charge in [0.2, 0.25) is 5.95 Å². The molecule has 1 atom stereocenters. The SMILES string of the molecule is COc1ccccc1Nc1nccc(C(=O)N(C)C2CCS(=O)(=O)C2)n1. The highest BCUT2D eigenvalue weighted by atomic mass is 32.2. The Bertz CT molecular complexity index is 916. The zero-order valence-electron chi connectivity index (χ0n) is 14.5. The lowest BCUT2D eigenvalue weighted by molar-refractivity contribution is 0.0741. The second kappa shape index (κ2) is 7.28. The van der Waals surface area contributed by atoms with Crippen LogP contribution in [0.15, 0.2) is 36.5 Å². The summed E-state index contributed by atoms with van der Waals surface area (Å²) in [4.78, 5) is 22.5. The van der Waals surface area contributed by atoms with E-state index in [-0.39, 0.29) is 35.1 Å². The van der Waals surface area contributed by atoms with Crippen LogP contribution in [0.25, 0.3) is 0 Å². The number of benzene rings is 1. The minimum absolute atomic E-state index is 0.00730. The number of carbonyl (C=O) groups excluding carboxylic acids is 1. The third-order valence-electron chi connectivity index (χ3n) is 4.30. The van der Waals surface area contributed by atoms with E-state index in [1.165, 1.54) is 17.2 Å². The van der Waals surface area contributed by atoms with E-state index in [0.717, 1.165) is 0 Å². The number of nitrogens with one attached hydrogen (secondary N) is 1. The quantitative estimate of drug-likeness (QED) is 0.843. The Morgan fingerprint density at radius 1 is 1.31 bits per heavy atom. The van der Waals surface area contributed by atoms with Gasteiger partial charge in [-0.2, -0.15) is 0 Å². The molecule has 0 saturated carbocycles. The van der Waals surface area contributed by atoms with Crippen LogP contribution < -0.4 is 10.1 Å². The maximum Gasteiger partial charge on any atom is 0.272 e. The zero-order valence-corrected chi connectivity index (χ0v) is 15.4. The lowest BCUT2D eigenvalue weighted by atomic mass is 10.2. The predicted octanol–water partition coefficient (Wildman–Crippen LogP) is 1.49. The molecule has 8 nitrogen and oxygen atoms in total. The summed E-state index contributed by atoms with van der Waals surface area (Å²) in [5, 5.41) is 3.03. The molecule has 1 fully saturated rings. The van der Waals surface area contributed by atoms with Crippen molar-refractivity contribution in [3.05, 3.63) is 42.2 Å². The molecule has 138 valence electrons. The van der Waals surface area contributed by atoms with Crippen molar-refractivity contribution in [3.63, 3.8) is 0 Å². The Balaban J connectivity index is 1.77. The molecule has 0 spiro atoms. The van der Waals surface area contributed by atoms with E-state index in [1.54, 1.807) is 20.2 Å². The lowest BCUT2D eigenvalue weighted by Gasteiger charge is -2.23. The van der Waals surface area contributed by atoms with Gasteiger partial charge in [-0.25, -0.2) is 18.4 Å². The van der Waals surface area contributed by atoms with Crippen LogP contribution in [0.3, 0.4) is 0 Å². The van der Waals surface area contributed by atoms with Crippen LogP contribution in [-0.2, 0) is 9.84 Å². The second-order valence-corrected chi connectivity index (χ2v) is 8.29. The molecule has 2 aromatic rings. The summed E-state index contributed by atoms with van der Waals surface area (Å²) in [6.45, 7) is 0. The molecule has 0 bridgehead atoms. The van der Waals surface area contributed by atoms with Gasteiger partial charge in [0.25, 0.3) is 5.91 Å². The van der Waals surface area contributed by atoms with Crippen LogP contribution in [-0.4, -0.2) is 60.9 Å². The zero-order chi connectivity index (χ0) is 18.7. The fourth-order valence-electron chi connectivity index (χ4n) is 2.83. The van der Waals surface area contributed by atoms with Gasteiger partial charge >= 0.3 is 0 Å². The summed E-state index contributed by atoms with van der Waals surface area (Å²) in [6, 6.07) is 8.48. The third-order valence-corrected chi connectivity index (χ3v) is 6.05. The molecule has 26 heavy (non-hydrogen) atoms. The Hall–Kier alpha value is -2.68. The first-order chi connectivity index (χ1) is 12.4. The Labute approximate surface area is 152 Å². The summed E-state index contributed by atoms with van der Waals surface area (Å²) in [5.74, 6) is 0.651. The minimum atomic E-state index is -3.07. The van der Waals surface area contributed by atoms with E-state index in [9.17, 15) is 13.2 Å². The first-order valence-electron chi connectivity index (χ1n) is 8.10. The molecular weight excluding hydrogens is 356 g/mol. The van der Waals surface area contributed by atoms with Gasteiger partial charge in [0.1, 0.15) is 11.4 Å². The van der Waals surface area contributed by atoms with E-state index in [2.05, 4.69) is 15.3 Å². The number of hydrogen-bond acceptors (Lipinski definition) is 7. The first-order valence-corrected chi connectivity index (χ1v) is 9.92. The molecule has 1 aromatic carbocycles. The van der Waals surface area contributed by atoms with E-state index in [4.69, 9.17) is 4.74 Å². The van der Waals surface area contributed by atoms with Crippen LogP contribution >= 0.6 is 0 Å². The molecule has 2 heterocycles. The van der Waals surface area contributed by atoms with Crippen molar-refractivity contribution >= 4 is 27.4 Å². The third kappa shape index (κ3) is 3.93. The lowest BCUT2D eigenvalue weighted by Crippen LogP contribution is -2.38. The van der Waals surface area contributed by atoms with Crippen molar-refractivity contribution in [2.24, 2.45) is 0 Å². The number of carbonyl (C=O) groups is 1. The second-order valence-electron chi connectivity index (χ2n) is 6.06. The monoisotopic (exact) mass is 376 g/mol. The highest BCUT2D eigenvalue weighted by Gasteiger charge is 2.33. The van der Waals surface area contributed by atoms with Gasteiger partial charge in [0, 0.05) is 19.3 Å². The van der Waals surface area contributed by atoms with Crippen molar-refractivity contribution in [1.82, 2.24) is 14.9 Å². The van der Waals surface area contributed by atoms with Crippen LogP contribution in [0.2, 0.25) is 0 Å². The molecular formula is C17H20N4O4S. The van der Waals surface area contributed by atoms with E-state index >= 15 is 0 Å². The summed E-state index contributed by atoms with van der Waals surface area (Å²) >= 11 is 0. The van der Waals surface area contributed by atoms with Gasteiger partial charge in [-0.1, -0.05) is 12.1 Å². The number of para-hydroxylation sites is 2. The Morgan fingerprint density at radius 2 is 2.08 bits per heavy atom. The Kier molecular flexibility index (Phi) is 5.08. The van der Waals surface area contributed by atoms with Crippen LogP contribution in [0, 0.1) is 0 Å². The van der Waals surface area contributed by atoms with E-state index in [1.807, 2.05) is 18.2 Å². The molecule has 1 N–H and O–H groups in total. The van der Waals surface area contributed by atoms with Gasteiger partial charge in [0.05, 0.1) is 24.3 Å². The number of methoxy groups -OCH3 is 1. The summed E-state index contributed by atoms with van der Waals surface area (Å²) in [7, 11) is 0.0963. The normalized spacial score (nSPS) is 18.3. The predicted molar refractivity (Wildman–Crippen MR) is 97.5 cm³/mol. The standard InChI is InChI=1S/C17H20N4O4S/c1-21(12-8-10-26(23,24)11-12)16(22)14-7-9-18-17(20-14)19-13-5-3-4-6-15(13)25-2/h3-7,9,12H,8,10-11H2,1-2H3,(H,18,19,20). The molecule has 1 amide bonds. The van der Waals surface area contributed by atoms with Crippen molar-refractivity contribution in [1.29, 1.82) is 0 Å². The smallest absolute Gasteiger partial charge is 0.272 e. The number of nitrogens with zero attached hydrogens (tertiary/aromatic N) is 3. The maximum absolute atomic E-state index is 12.7. The maximum atomic E-state index is 12.7. The fraction of sp³-hybridized carbons (Fsp3) is 0.353. The number of hydrogen-bond donors (Lipinski definition) is 1. The molecule has 1 aliphatic heterocycles. The summed E-state index contributed by atoms with van der Waals surface area (Å²) in [6.07, 6.45) is 1.93. The van der Waals surface area contributed by atoms with Gasteiger partial charge in [-0.15, -0.1) is 0 Å². The molecule has 0 radical (unpaired) electrons. The van der Waals surface area contributed by atoms with Gasteiger partial charge in [-0.3, -0.25) is 4.79 Å². The van der Waals surface area contributed by atoms with Crippen LogP contribution in [0.4, 0.5) is 11.6 Å². The largest absolute Gasteiger partial charge is 0.495 e. The number of anilines is 2. The molecule has 3 rings (SSSR count). The van der Waals surface area contributed by atoms with Crippen LogP contribution in [0.1, 0.15) is 16.9 Å². The van der Waals surface area contributed by atoms with Crippen molar-refractivity contribution in [2.45, 2.75) is 12.5 Å². The van der Waals surface area contributed by atoms with Gasteiger partial charge < -0.3 is 15.0 Å². The number of amides is 1. The molecule has 1 aliphatic rings. The molecule has 9 heteroatoms. The van der Waals surface area contributed by atoms with Gasteiger partial charge in [0.15, 0.2) is 9.84 Å².